The first kappa shape index (κ1) is 12.2. The van der Waals surface area contributed by atoms with Crippen molar-refractivity contribution < 1.29 is 23.4 Å². The molecule has 0 saturated heterocycles. The van der Waals surface area contributed by atoms with Crippen LogP contribution in [0.4, 0.5) is 13.2 Å². The number of hydrogen-bond acceptors (Lipinski definition) is 3. The number of pyridine rings is 1. The minimum atomic E-state index is -5.22. The molecule has 0 aliphatic rings. The second-order valence-electron chi connectivity index (χ2n) is 3.40. The molecule has 0 aliphatic heterocycles. The molecule has 0 fully saturated rings. The van der Waals surface area contributed by atoms with Crippen LogP contribution in [0.5, 0.6) is 0 Å². The Morgan fingerprint density at radius 1 is 1.29 bits per heavy atom. The van der Waals surface area contributed by atoms with Crippen molar-refractivity contribution in [3.63, 3.8) is 0 Å². The molecule has 0 amide bonds. The van der Waals surface area contributed by atoms with Crippen LogP contribution in [0.2, 0.25) is 5.02 Å². The Morgan fingerprint density at radius 3 is 2.53 bits per heavy atom. The molecule has 0 saturated carbocycles. The third-order valence-corrected chi connectivity index (χ3v) is 2.52. The molecule has 2 aromatic rings. The summed E-state index contributed by atoms with van der Waals surface area (Å²) in [5.41, 5.74) is -0.547. The first-order chi connectivity index (χ1) is 7.73. The van der Waals surface area contributed by atoms with E-state index < -0.39 is 17.5 Å². The second kappa shape index (κ2) is 3.59. The van der Waals surface area contributed by atoms with Crippen LogP contribution in [0, 0.1) is 0 Å². The van der Waals surface area contributed by atoms with Gasteiger partial charge in [0.15, 0.2) is 5.65 Å². The van der Waals surface area contributed by atoms with Gasteiger partial charge in [0.05, 0.1) is 5.02 Å². The van der Waals surface area contributed by atoms with Crippen LogP contribution in [0.3, 0.4) is 0 Å². The van der Waals surface area contributed by atoms with Gasteiger partial charge in [0.1, 0.15) is 0 Å². The third-order valence-electron chi connectivity index (χ3n) is 2.24. The van der Waals surface area contributed by atoms with Gasteiger partial charge in [0.25, 0.3) is 5.79 Å². The summed E-state index contributed by atoms with van der Waals surface area (Å²) in [5, 5.41) is 18.1. The number of fused-ring (bicyclic) bond motifs is 1. The van der Waals surface area contributed by atoms with Gasteiger partial charge in [-0.3, -0.25) is 0 Å². The van der Waals surface area contributed by atoms with Crippen molar-refractivity contribution in [1.29, 1.82) is 0 Å². The van der Waals surface area contributed by atoms with E-state index in [-0.39, 0.29) is 10.7 Å². The van der Waals surface area contributed by atoms with Gasteiger partial charge in [-0.1, -0.05) is 11.6 Å². The second-order valence-corrected chi connectivity index (χ2v) is 3.81. The molecule has 0 aromatic carbocycles. The van der Waals surface area contributed by atoms with Crippen molar-refractivity contribution in [1.82, 2.24) is 9.38 Å². The highest BCUT2D eigenvalue weighted by Crippen LogP contribution is 2.37. The number of rotatable bonds is 1. The van der Waals surface area contributed by atoms with Crippen LogP contribution in [0.25, 0.3) is 5.65 Å². The van der Waals surface area contributed by atoms with E-state index in [1.165, 1.54) is 16.8 Å². The number of halogens is 4. The van der Waals surface area contributed by atoms with Gasteiger partial charge in [0.2, 0.25) is 0 Å². The SMILES string of the molecule is OC(O)(c1cc(Cl)c2nccn2c1)C(F)(F)F. The molecule has 8 heteroatoms. The third kappa shape index (κ3) is 1.86. The molecule has 0 unspecified atom stereocenters. The van der Waals surface area contributed by atoms with E-state index in [1.54, 1.807) is 0 Å². The molecule has 0 atom stereocenters. The molecule has 2 heterocycles. The first-order valence-electron chi connectivity index (χ1n) is 4.37. The van der Waals surface area contributed by atoms with Crippen molar-refractivity contribution in [3.8, 4) is 0 Å². The standard InChI is InChI=1S/C9H6ClF3N2O2/c10-6-3-5(8(16,17)9(11,12)13)4-15-2-1-14-7(6)15/h1-4,16-17H. The normalized spacial score (nSPS) is 13.3. The van der Waals surface area contributed by atoms with Crippen LogP contribution < -0.4 is 0 Å². The average Bonchev–Trinajstić information content (AvgIpc) is 2.64. The van der Waals surface area contributed by atoms with Crippen LogP contribution in [0.1, 0.15) is 5.56 Å². The molecule has 2 aromatic heterocycles. The highest BCUT2D eigenvalue weighted by atomic mass is 35.5. The van der Waals surface area contributed by atoms with E-state index in [9.17, 15) is 13.2 Å². The average molecular weight is 267 g/mol. The van der Waals surface area contributed by atoms with E-state index in [0.29, 0.717) is 0 Å². The number of alkyl halides is 3. The quantitative estimate of drug-likeness (QED) is 0.772. The van der Waals surface area contributed by atoms with E-state index in [1.807, 2.05) is 0 Å². The Kier molecular flexibility index (Phi) is 2.57. The molecule has 0 bridgehead atoms. The Bertz CT molecular complexity index is 565. The maximum absolute atomic E-state index is 12.4. The number of aliphatic hydroxyl groups is 2. The molecule has 0 radical (unpaired) electrons. The van der Waals surface area contributed by atoms with Crippen LogP contribution in [-0.2, 0) is 5.79 Å². The van der Waals surface area contributed by atoms with Crippen LogP contribution in [0.15, 0.2) is 24.7 Å². The van der Waals surface area contributed by atoms with Gasteiger partial charge in [-0.25, -0.2) is 4.98 Å². The maximum atomic E-state index is 12.4. The van der Waals surface area contributed by atoms with Crippen molar-refractivity contribution in [2.24, 2.45) is 0 Å². The van der Waals surface area contributed by atoms with E-state index in [4.69, 9.17) is 21.8 Å². The van der Waals surface area contributed by atoms with Crippen molar-refractivity contribution in [3.05, 3.63) is 35.2 Å². The van der Waals surface area contributed by atoms with E-state index in [2.05, 4.69) is 4.98 Å². The molecule has 2 rings (SSSR count). The minimum Gasteiger partial charge on any atom is -0.355 e. The van der Waals surface area contributed by atoms with E-state index >= 15 is 0 Å². The zero-order valence-electron chi connectivity index (χ0n) is 8.11. The predicted octanol–water partition coefficient (Wildman–Crippen LogP) is 1.69. The Labute approximate surface area is 97.9 Å². The zero-order chi connectivity index (χ0) is 12.8. The van der Waals surface area contributed by atoms with Crippen molar-refractivity contribution >= 4 is 17.2 Å². The van der Waals surface area contributed by atoms with Gasteiger partial charge < -0.3 is 14.6 Å². The van der Waals surface area contributed by atoms with Crippen LogP contribution in [-0.4, -0.2) is 25.8 Å². The first-order valence-corrected chi connectivity index (χ1v) is 4.75. The lowest BCUT2D eigenvalue weighted by molar-refractivity contribution is -0.358. The number of hydrogen-bond donors (Lipinski definition) is 2. The van der Waals surface area contributed by atoms with Crippen molar-refractivity contribution in [2.75, 3.05) is 0 Å². The summed E-state index contributed by atoms with van der Waals surface area (Å²) in [7, 11) is 0. The fourth-order valence-corrected chi connectivity index (χ4v) is 1.61. The lowest BCUT2D eigenvalue weighted by Crippen LogP contribution is -2.42. The molecule has 92 valence electrons. The van der Waals surface area contributed by atoms with Gasteiger partial charge in [-0.05, 0) is 6.07 Å². The molecular weight excluding hydrogens is 261 g/mol. The molecule has 2 N–H and O–H groups in total. The summed E-state index contributed by atoms with van der Waals surface area (Å²) in [5.74, 6) is -3.95. The number of nitrogens with zero attached hydrogens (tertiary/aromatic N) is 2. The topological polar surface area (TPSA) is 57.8 Å². The summed E-state index contributed by atoms with van der Waals surface area (Å²) in [6.45, 7) is 0. The van der Waals surface area contributed by atoms with E-state index in [0.717, 1.165) is 12.3 Å². The summed E-state index contributed by atoms with van der Waals surface area (Å²) in [6.07, 6.45) is -1.64. The minimum absolute atomic E-state index is 0.107. The summed E-state index contributed by atoms with van der Waals surface area (Å²) >= 11 is 5.69. The maximum Gasteiger partial charge on any atom is 0.447 e. The van der Waals surface area contributed by atoms with Gasteiger partial charge in [-0.15, -0.1) is 0 Å². The Balaban J connectivity index is 2.64. The fourth-order valence-electron chi connectivity index (χ4n) is 1.34. The molecule has 0 spiro atoms. The van der Waals surface area contributed by atoms with Gasteiger partial charge in [0, 0.05) is 24.2 Å². The zero-order valence-corrected chi connectivity index (χ0v) is 8.87. The van der Waals surface area contributed by atoms with Crippen molar-refractivity contribution in [2.45, 2.75) is 12.0 Å². The molecule has 4 nitrogen and oxygen atoms in total. The monoisotopic (exact) mass is 266 g/mol. The highest BCUT2D eigenvalue weighted by Gasteiger charge is 2.54. The Morgan fingerprint density at radius 2 is 1.94 bits per heavy atom. The summed E-state index contributed by atoms with van der Waals surface area (Å²) in [6, 6.07) is 0.817. The fraction of sp³-hybridized carbons (Fsp3) is 0.222. The lowest BCUT2D eigenvalue weighted by Gasteiger charge is -2.24. The molecule has 0 aliphatic carbocycles. The number of aromatic nitrogens is 2. The van der Waals surface area contributed by atoms with Crippen LogP contribution >= 0.6 is 11.6 Å². The largest absolute Gasteiger partial charge is 0.447 e. The summed E-state index contributed by atoms with van der Waals surface area (Å²) in [4.78, 5) is 3.79. The lowest BCUT2D eigenvalue weighted by atomic mass is 10.1. The molecular formula is C9H6ClF3N2O2. The smallest absolute Gasteiger partial charge is 0.355 e. The highest BCUT2D eigenvalue weighted by molar-refractivity contribution is 6.33. The Hall–Kier alpha value is -1.31. The summed E-state index contributed by atoms with van der Waals surface area (Å²) < 4.78 is 38.4. The molecule has 17 heavy (non-hydrogen) atoms. The number of imidazole rings is 1. The van der Waals surface area contributed by atoms with Gasteiger partial charge in [-0.2, -0.15) is 13.2 Å². The predicted molar refractivity (Wildman–Crippen MR) is 52.4 cm³/mol. The van der Waals surface area contributed by atoms with Gasteiger partial charge >= 0.3 is 6.18 Å².